The molecule has 3 atom stereocenters. The largest absolute Gasteiger partial charge is 0.464 e. The van der Waals surface area contributed by atoms with Crippen molar-refractivity contribution in [3.8, 4) is 0 Å². The lowest BCUT2D eigenvalue weighted by molar-refractivity contribution is -0.178. The van der Waals surface area contributed by atoms with Crippen LogP contribution in [0.3, 0.4) is 0 Å². The molecule has 1 spiro atoms. The van der Waals surface area contributed by atoms with E-state index in [1.807, 2.05) is 12.4 Å². The molecule has 12 heteroatoms. The molecule has 2 saturated heterocycles. The van der Waals surface area contributed by atoms with E-state index in [9.17, 15) is 18.0 Å². The van der Waals surface area contributed by atoms with Gasteiger partial charge in [-0.05, 0) is 67.6 Å². The molecule has 236 valence electrons. The quantitative estimate of drug-likeness (QED) is 0.374. The Morgan fingerprint density at radius 1 is 1.14 bits per heavy atom. The van der Waals surface area contributed by atoms with Gasteiger partial charge in [0.1, 0.15) is 18.0 Å². The van der Waals surface area contributed by atoms with Crippen molar-refractivity contribution in [2.24, 2.45) is 10.9 Å². The fraction of sp³-hybridized carbons (Fsp3) is 0.531. The van der Waals surface area contributed by atoms with Gasteiger partial charge in [-0.1, -0.05) is 23.7 Å². The number of aliphatic imine (C=N–C) groups is 1. The predicted octanol–water partition coefficient (Wildman–Crippen LogP) is 4.00. The molecule has 3 aliphatic heterocycles. The number of sulfone groups is 1. The molecule has 1 aliphatic carbocycles. The fourth-order valence-electron chi connectivity index (χ4n) is 7.18. The molecule has 3 unspecified atom stereocenters. The molecule has 0 amide bonds. The van der Waals surface area contributed by atoms with Gasteiger partial charge in [0.2, 0.25) is 0 Å². The van der Waals surface area contributed by atoms with Gasteiger partial charge in [-0.2, -0.15) is 0 Å². The molecule has 44 heavy (non-hydrogen) atoms. The van der Waals surface area contributed by atoms with Crippen LogP contribution >= 0.6 is 11.6 Å². The van der Waals surface area contributed by atoms with Crippen LogP contribution in [0, 0.1) is 5.92 Å². The van der Waals surface area contributed by atoms with Crippen molar-refractivity contribution in [3.63, 3.8) is 0 Å². The summed E-state index contributed by atoms with van der Waals surface area (Å²) in [6.45, 7) is 4.68. The Hall–Kier alpha value is -2.83. The number of esters is 1. The van der Waals surface area contributed by atoms with Gasteiger partial charge >= 0.3 is 5.97 Å². The first-order valence-electron chi connectivity index (χ1n) is 15.2. The number of fused-ring (bicyclic) bond motifs is 2. The molecule has 0 N–H and O–H groups in total. The van der Waals surface area contributed by atoms with Crippen molar-refractivity contribution in [1.29, 1.82) is 0 Å². The number of carbonyl (C=O) groups is 2. The Morgan fingerprint density at radius 2 is 1.91 bits per heavy atom. The number of Topliss-reactive ketones (excluding diaryl/α,β-unsaturated/α-hetero) is 1. The summed E-state index contributed by atoms with van der Waals surface area (Å²) >= 11 is 6.12. The smallest absolute Gasteiger partial charge is 0.332 e. The van der Waals surface area contributed by atoms with E-state index in [-0.39, 0.29) is 43.3 Å². The van der Waals surface area contributed by atoms with Gasteiger partial charge in [0.15, 0.2) is 9.84 Å². The summed E-state index contributed by atoms with van der Waals surface area (Å²) in [5.41, 5.74) is -1.72. The molecule has 10 nitrogen and oxygen atoms in total. The lowest BCUT2D eigenvalue weighted by Gasteiger charge is -2.44. The van der Waals surface area contributed by atoms with Crippen LogP contribution in [0.4, 0.5) is 0 Å². The Balaban J connectivity index is 1.23. The Labute approximate surface area is 262 Å². The van der Waals surface area contributed by atoms with Crippen LogP contribution < -0.4 is 0 Å². The number of ether oxygens (including phenoxy) is 3. The first kappa shape index (κ1) is 31.2. The summed E-state index contributed by atoms with van der Waals surface area (Å²) in [6, 6.07) is 10.2. The second-order valence-corrected chi connectivity index (χ2v) is 14.9. The average molecular weight is 644 g/mol. The number of rotatable bonds is 9. The van der Waals surface area contributed by atoms with Crippen molar-refractivity contribution in [1.82, 2.24) is 9.80 Å². The van der Waals surface area contributed by atoms with Crippen LogP contribution in [0.2, 0.25) is 5.02 Å². The first-order chi connectivity index (χ1) is 21.1. The van der Waals surface area contributed by atoms with E-state index in [0.717, 1.165) is 37.1 Å². The highest BCUT2D eigenvalue weighted by atomic mass is 35.5. The molecule has 0 bridgehead atoms. The normalized spacial score (nSPS) is 26.8. The molecule has 0 aromatic heterocycles. The maximum atomic E-state index is 14.1. The van der Waals surface area contributed by atoms with Gasteiger partial charge in [0.05, 0.1) is 48.1 Å². The van der Waals surface area contributed by atoms with Crippen LogP contribution in [0.5, 0.6) is 0 Å². The number of benzene rings is 2. The van der Waals surface area contributed by atoms with Gasteiger partial charge in [0.25, 0.3) is 0 Å². The third-order valence-corrected chi connectivity index (χ3v) is 11.7. The fourth-order valence-corrected chi connectivity index (χ4v) is 9.18. The molecule has 1 saturated carbocycles. The Morgan fingerprint density at radius 3 is 2.66 bits per heavy atom. The molecule has 2 aromatic rings. The highest BCUT2D eigenvalue weighted by Gasteiger charge is 2.62. The molecule has 2 aromatic carbocycles. The third-order valence-electron chi connectivity index (χ3n) is 9.37. The lowest BCUT2D eigenvalue weighted by Crippen LogP contribution is -2.54. The summed E-state index contributed by atoms with van der Waals surface area (Å²) in [6.07, 6.45) is 7.60. The van der Waals surface area contributed by atoms with Gasteiger partial charge < -0.3 is 19.1 Å². The van der Waals surface area contributed by atoms with Gasteiger partial charge in [-0.3, -0.25) is 14.7 Å². The highest BCUT2D eigenvalue weighted by Crippen LogP contribution is 2.54. The van der Waals surface area contributed by atoms with Crippen molar-refractivity contribution >= 4 is 50.2 Å². The van der Waals surface area contributed by atoms with E-state index in [1.54, 1.807) is 49.5 Å². The number of hydrogen-bond donors (Lipinski definition) is 0. The molecule has 6 rings (SSSR count). The van der Waals surface area contributed by atoms with Crippen LogP contribution in [-0.2, 0) is 33.6 Å². The number of ketones is 1. The van der Waals surface area contributed by atoms with E-state index in [2.05, 4.69) is 14.8 Å². The van der Waals surface area contributed by atoms with Crippen molar-refractivity contribution in [2.45, 2.75) is 60.4 Å². The van der Waals surface area contributed by atoms with Gasteiger partial charge in [-0.25, -0.2) is 13.2 Å². The summed E-state index contributed by atoms with van der Waals surface area (Å²) in [5, 5.41) is 1.16. The Bertz CT molecular complexity index is 1590. The van der Waals surface area contributed by atoms with E-state index in [4.69, 9.17) is 25.8 Å². The van der Waals surface area contributed by atoms with Gasteiger partial charge in [0, 0.05) is 43.1 Å². The zero-order chi connectivity index (χ0) is 31.0. The van der Waals surface area contributed by atoms with E-state index >= 15 is 0 Å². The number of carbonyl (C=O) groups excluding carboxylic acids is 2. The van der Waals surface area contributed by atoms with Crippen LogP contribution in [0.1, 0.15) is 39.0 Å². The maximum absolute atomic E-state index is 14.1. The number of piperidine rings is 1. The van der Waals surface area contributed by atoms with Crippen molar-refractivity contribution in [3.05, 3.63) is 53.8 Å². The lowest BCUT2D eigenvalue weighted by atomic mass is 9.72. The van der Waals surface area contributed by atoms with E-state index < -0.39 is 38.2 Å². The van der Waals surface area contributed by atoms with Crippen molar-refractivity contribution in [2.75, 3.05) is 46.1 Å². The van der Waals surface area contributed by atoms with Crippen LogP contribution in [-0.4, -0.2) is 98.8 Å². The monoisotopic (exact) mass is 643 g/mol. The Kier molecular flexibility index (Phi) is 8.87. The van der Waals surface area contributed by atoms with Crippen LogP contribution in [0.15, 0.2) is 58.7 Å². The minimum absolute atomic E-state index is 0.0617. The topological polar surface area (TPSA) is 115 Å². The molecule has 4 aliphatic rings. The van der Waals surface area contributed by atoms with E-state index in [1.165, 1.54) is 0 Å². The zero-order valence-electron chi connectivity index (χ0n) is 24.8. The summed E-state index contributed by atoms with van der Waals surface area (Å²) in [5.74, 6) is -1.15. The molecular formula is C32H38ClN3O7S. The number of halogens is 1. The molecular weight excluding hydrogens is 606 g/mol. The molecule has 3 fully saturated rings. The predicted molar refractivity (Wildman–Crippen MR) is 166 cm³/mol. The second-order valence-electron chi connectivity index (χ2n) is 12.3. The SMILES string of the molecule is CCOC(=O)COCC12CC(S(=O)(=O)c3ccc4cc(Cl)ccc4c3)CC(=O)C1CC1(CCN(CN3C=CN=CC3)CC1)O2. The van der Waals surface area contributed by atoms with Crippen molar-refractivity contribution < 1.29 is 32.2 Å². The first-order valence-corrected chi connectivity index (χ1v) is 17.1. The number of likely N-dealkylation sites (tertiary alicyclic amines) is 1. The zero-order valence-corrected chi connectivity index (χ0v) is 26.4. The maximum Gasteiger partial charge on any atom is 0.332 e. The number of nitrogens with zero attached hydrogens (tertiary/aromatic N) is 3. The summed E-state index contributed by atoms with van der Waals surface area (Å²) in [4.78, 5) is 34.7. The summed E-state index contributed by atoms with van der Waals surface area (Å²) in [7, 11) is -3.90. The molecule has 0 radical (unpaired) electrons. The van der Waals surface area contributed by atoms with E-state index in [0.29, 0.717) is 24.3 Å². The standard InChI is InChI=1S/C32H38ClN3O7S/c1-2-42-30(38)20-41-21-32-18-27(44(39,40)26-6-4-23-15-25(33)5-3-24(23)16-26)17-29(37)28(32)19-31(43-32)7-11-35(12-8-31)22-36-13-9-34-10-14-36/h3-6,9-10,13,15-16,27-28H,2,7-8,11-12,14,17-22H2,1H3. The number of hydrogen-bond acceptors (Lipinski definition) is 10. The minimum atomic E-state index is -3.90. The molecule has 3 heterocycles. The third kappa shape index (κ3) is 6.30. The minimum Gasteiger partial charge on any atom is -0.464 e. The summed E-state index contributed by atoms with van der Waals surface area (Å²) < 4.78 is 45.9. The van der Waals surface area contributed by atoms with Crippen LogP contribution in [0.25, 0.3) is 10.8 Å². The second kappa shape index (κ2) is 12.5. The highest BCUT2D eigenvalue weighted by molar-refractivity contribution is 7.92. The van der Waals surface area contributed by atoms with Gasteiger partial charge in [-0.15, -0.1) is 0 Å². The average Bonchev–Trinajstić information content (AvgIpc) is 3.33.